The lowest BCUT2D eigenvalue weighted by atomic mass is 10.0. The van der Waals surface area contributed by atoms with Gasteiger partial charge in [0.15, 0.2) is 5.58 Å². The van der Waals surface area contributed by atoms with E-state index in [1.807, 2.05) is 18.2 Å². The predicted molar refractivity (Wildman–Crippen MR) is 223 cm³/mol. The number of hydrogen-bond donors (Lipinski definition) is 0. The van der Waals surface area contributed by atoms with Crippen LogP contribution in [0.1, 0.15) is 0 Å². The third-order valence-corrected chi connectivity index (χ3v) is 10.6. The van der Waals surface area contributed by atoms with E-state index in [2.05, 4.69) is 185 Å². The molecule has 4 heteroatoms. The lowest BCUT2D eigenvalue weighted by molar-refractivity contribution is 0.646. The Morgan fingerprint density at radius 2 is 0.981 bits per heavy atom. The van der Waals surface area contributed by atoms with Crippen LogP contribution in [0.25, 0.3) is 82.9 Å². The van der Waals surface area contributed by atoms with E-state index in [0.717, 1.165) is 83.4 Å². The Kier molecular flexibility index (Phi) is 6.82. The van der Waals surface area contributed by atoms with Gasteiger partial charge in [-0.15, -0.1) is 0 Å². The van der Waals surface area contributed by atoms with Gasteiger partial charge in [-0.05, 0) is 71.3 Å². The normalized spacial score (nSPS) is 11.7. The fourth-order valence-corrected chi connectivity index (χ4v) is 8.13. The molecule has 0 amide bonds. The van der Waals surface area contributed by atoms with Crippen LogP contribution in [0.5, 0.6) is 0 Å². The number of furan rings is 2. The number of rotatable bonds is 6. The van der Waals surface area contributed by atoms with Crippen LogP contribution in [-0.2, 0) is 0 Å². The summed E-state index contributed by atoms with van der Waals surface area (Å²) >= 11 is 0. The average Bonchev–Trinajstić information content (AvgIpc) is 3.92. The van der Waals surface area contributed by atoms with Crippen molar-refractivity contribution >= 4 is 72.0 Å². The van der Waals surface area contributed by atoms with Crippen LogP contribution in [-0.4, -0.2) is 4.57 Å². The molecule has 11 aromatic rings. The first-order valence-corrected chi connectivity index (χ1v) is 18.3. The van der Waals surface area contributed by atoms with Crippen LogP contribution in [0, 0.1) is 0 Å². The third-order valence-electron chi connectivity index (χ3n) is 10.6. The van der Waals surface area contributed by atoms with E-state index in [4.69, 9.17) is 8.83 Å². The van der Waals surface area contributed by atoms with Crippen LogP contribution < -0.4 is 4.90 Å². The lowest BCUT2D eigenvalue weighted by Crippen LogP contribution is -2.10. The van der Waals surface area contributed by atoms with E-state index < -0.39 is 0 Å². The summed E-state index contributed by atoms with van der Waals surface area (Å²) in [6, 6.07) is 68.2. The zero-order valence-electron chi connectivity index (χ0n) is 29.2. The predicted octanol–water partition coefficient (Wildman–Crippen LogP) is 14.2. The Morgan fingerprint density at radius 1 is 0.389 bits per heavy atom. The van der Waals surface area contributed by atoms with Gasteiger partial charge in [-0.2, -0.15) is 0 Å². The summed E-state index contributed by atoms with van der Waals surface area (Å²) in [5, 5.41) is 5.61. The zero-order valence-corrected chi connectivity index (χ0v) is 29.2. The summed E-state index contributed by atoms with van der Waals surface area (Å²) in [4.78, 5) is 2.29. The Morgan fingerprint density at radius 3 is 1.76 bits per heavy atom. The summed E-state index contributed by atoms with van der Waals surface area (Å²) in [5.41, 5.74) is 13.2. The second-order valence-corrected chi connectivity index (χ2v) is 13.7. The van der Waals surface area contributed by atoms with Gasteiger partial charge in [0.05, 0.1) is 16.6 Å². The first kappa shape index (κ1) is 30.3. The summed E-state index contributed by atoms with van der Waals surface area (Å²) in [6.45, 7) is 0. The molecule has 3 aromatic heterocycles. The van der Waals surface area contributed by atoms with E-state index in [-0.39, 0.29) is 0 Å². The fraction of sp³-hybridized carbons (Fsp3) is 0. The van der Waals surface area contributed by atoms with E-state index >= 15 is 0 Å². The van der Waals surface area contributed by atoms with Gasteiger partial charge in [-0.3, -0.25) is 4.57 Å². The first-order valence-electron chi connectivity index (χ1n) is 18.3. The van der Waals surface area contributed by atoms with E-state index in [1.165, 1.54) is 16.5 Å². The Labute approximate surface area is 311 Å². The van der Waals surface area contributed by atoms with E-state index in [1.54, 1.807) is 0 Å². The van der Waals surface area contributed by atoms with Gasteiger partial charge in [0.25, 0.3) is 0 Å². The molecular formula is C50H32N2O2. The number of anilines is 3. The monoisotopic (exact) mass is 692 g/mol. The lowest BCUT2D eigenvalue weighted by Gasteiger charge is -2.26. The standard InChI is InChI=1S/C50H32N2O2/c1-3-13-33(14-4-1)34-25-29-37(30-26-34)51(45-23-12-20-41-40-17-8-10-24-46(40)53-49(41)45)38-31-27-35(28-32-38)39-19-11-21-43-47-42-18-7-9-22-44(42)52(50(47)54-48(39)43)36-15-5-2-6-16-36/h1-32H. The molecule has 0 spiro atoms. The molecule has 0 atom stereocenters. The topological polar surface area (TPSA) is 34.5 Å². The number of nitrogens with zero attached hydrogens (tertiary/aromatic N) is 2. The van der Waals surface area contributed by atoms with Crippen molar-refractivity contribution in [3.05, 3.63) is 194 Å². The van der Waals surface area contributed by atoms with Crippen molar-refractivity contribution in [2.45, 2.75) is 0 Å². The van der Waals surface area contributed by atoms with Crippen molar-refractivity contribution in [1.29, 1.82) is 0 Å². The molecule has 0 bridgehead atoms. The van der Waals surface area contributed by atoms with Crippen molar-refractivity contribution in [3.63, 3.8) is 0 Å². The molecule has 4 nitrogen and oxygen atoms in total. The highest BCUT2D eigenvalue weighted by atomic mass is 16.3. The quantitative estimate of drug-likeness (QED) is 0.174. The average molecular weight is 693 g/mol. The Bertz CT molecular complexity index is 3130. The highest BCUT2D eigenvalue weighted by Crippen LogP contribution is 2.45. The van der Waals surface area contributed by atoms with Crippen LogP contribution >= 0.6 is 0 Å². The van der Waals surface area contributed by atoms with Gasteiger partial charge in [0.2, 0.25) is 5.71 Å². The molecular weight excluding hydrogens is 661 g/mol. The minimum absolute atomic E-state index is 0.852. The molecule has 0 saturated carbocycles. The van der Waals surface area contributed by atoms with Crippen LogP contribution in [0.15, 0.2) is 203 Å². The molecule has 0 aliphatic heterocycles. The minimum Gasteiger partial charge on any atom is -0.454 e. The second kappa shape index (κ2) is 12.1. The maximum atomic E-state index is 6.89. The van der Waals surface area contributed by atoms with Gasteiger partial charge in [0, 0.05) is 44.2 Å². The molecule has 11 rings (SSSR count). The van der Waals surface area contributed by atoms with Gasteiger partial charge >= 0.3 is 0 Å². The van der Waals surface area contributed by atoms with Crippen molar-refractivity contribution in [3.8, 4) is 27.9 Å². The highest BCUT2D eigenvalue weighted by Gasteiger charge is 2.22. The molecule has 0 N–H and O–H groups in total. The second-order valence-electron chi connectivity index (χ2n) is 13.7. The molecule has 0 unspecified atom stereocenters. The van der Waals surface area contributed by atoms with Gasteiger partial charge in [0.1, 0.15) is 11.2 Å². The SMILES string of the molecule is c1ccc(-c2ccc(N(c3ccc(-c4cccc5c4oc4c5c5ccccc5n4-c4ccccc4)cc3)c3cccc4c3oc3ccccc34)cc2)cc1. The molecule has 0 radical (unpaired) electrons. The van der Waals surface area contributed by atoms with E-state index in [0.29, 0.717) is 0 Å². The van der Waals surface area contributed by atoms with Gasteiger partial charge in [-0.1, -0.05) is 140 Å². The number of fused-ring (bicyclic) bond motifs is 8. The van der Waals surface area contributed by atoms with E-state index in [9.17, 15) is 0 Å². The first-order chi connectivity index (χ1) is 26.8. The molecule has 54 heavy (non-hydrogen) atoms. The Balaban J connectivity index is 1.06. The smallest absolute Gasteiger partial charge is 0.213 e. The summed E-state index contributed by atoms with van der Waals surface area (Å²) in [6.07, 6.45) is 0. The highest BCUT2D eigenvalue weighted by molar-refractivity contribution is 6.21. The number of aromatic nitrogens is 1. The van der Waals surface area contributed by atoms with Crippen molar-refractivity contribution in [1.82, 2.24) is 4.57 Å². The van der Waals surface area contributed by atoms with Gasteiger partial charge < -0.3 is 13.7 Å². The number of hydrogen-bond acceptors (Lipinski definition) is 3. The number of para-hydroxylation sites is 5. The minimum atomic E-state index is 0.852. The summed E-state index contributed by atoms with van der Waals surface area (Å²) < 4.78 is 15.7. The van der Waals surface area contributed by atoms with Gasteiger partial charge in [-0.25, -0.2) is 0 Å². The van der Waals surface area contributed by atoms with Crippen molar-refractivity contribution in [2.75, 3.05) is 4.90 Å². The zero-order chi connectivity index (χ0) is 35.6. The fourth-order valence-electron chi connectivity index (χ4n) is 8.13. The molecule has 254 valence electrons. The third kappa shape index (κ3) is 4.70. The van der Waals surface area contributed by atoms with Crippen LogP contribution in [0.3, 0.4) is 0 Å². The summed E-state index contributed by atoms with van der Waals surface area (Å²) in [7, 11) is 0. The number of benzene rings is 8. The molecule has 0 aliphatic rings. The maximum Gasteiger partial charge on any atom is 0.213 e. The molecule has 0 saturated heterocycles. The summed E-state index contributed by atoms with van der Waals surface area (Å²) in [5.74, 6) is 0. The molecule has 0 aliphatic carbocycles. The largest absolute Gasteiger partial charge is 0.454 e. The van der Waals surface area contributed by atoms with Crippen molar-refractivity contribution < 1.29 is 8.83 Å². The molecule has 3 heterocycles. The molecule has 8 aromatic carbocycles. The van der Waals surface area contributed by atoms with Crippen molar-refractivity contribution in [2.24, 2.45) is 0 Å². The van der Waals surface area contributed by atoms with Crippen LogP contribution in [0.2, 0.25) is 0 Å². The maximum absolute atomic E-state index is 6.89. The Hall–Kier alpha value is -7.30. The molecule has 0 fully saturated rings. The van der Waals surface area contributed by atoms with Crippen LogP contribution in [0.4, 0.5) is 17.1 Å².